The van der Waals surface area contributed by atoms with Gasteiger partial charge in [-0.2, -0.15) is 0 Å². The van der Waals surface area contributed by atoms with Gasteiger partial charge in [0.25, 0.3) is 0 Å². The molecule has 3 aromatic rings. The predicted octanol–water partition coefficient (Wildman–Crippen LogP) is 4.24. The van der Waals surface area contributed by atoms with Gasteiger partial charge in [-0.1, -0.05) is 11.3 Å². The van der Waals surface area contributed by atoms with Crippen molar-refractivity contribution in [1.29, 1.82) is 0 Å². The number of hydrogen-bond donors (Lipinski definition) is 1. The van der Waals surface area contributed by atoms with Gasteiger partial charge >= 0.3 is 0 Å². The maximum Gasteiger partial charge on any atom is 0.184 e. The first-order chi connectivity index (χ1) is 9.04. The molecule has 0 aliphatic heterocycles. The molecule has 19 heavy (non-hydrogen) atoms. The van der Waals surface area contributed by atoms with Gasteiger partial charge in [-0.05, 0) is 26.0 Å². The molecule has 2 heterocycles. The average Bonchev–Trinajstić information content (AvgIpc) is 2.95. The van der Waals surface area contributed by atoms with Crippen LogP contribution in [-0.2, 0) is 5.54 Å². The molecule has 0 aliphatic rings. The van der Waals surface area contributed by atoms with Gasteiger partial charge in [-0.25, -0.2) is 14.4 Å². The number of thiazole rings is 2. The molecule has 0 aliphatic carbocycles. The van der Waals surface area contributed by atoms with Gasteiger partial charge in [-0.15, -0.1) is 11.3 Å². The summed E-state index contributed by atoms with van der Waals surface area (Å²) in [5.41, 5.74) is 0.392. The van der Waals surface area contributed by atoms with Crippen LogP contribution in [0.5, 0.6) is 0 Å². The number of aromatic nitrogens is 2. The first-order valence-corrected chi connectivity index (χ1v) is 7.48. The minimum Gasteiger partial charge on any atom is -0.350 e. The van der Waals surface area contributed by atoms with E-state index in [4.69, 9.17) is 0 Å². The first-order valence-electron chi connectivity index (χ1n) is 5.79. The highest BCUT2D eigenvalue weighted by Gasteiger charge is 2.24. The standard InChI is InChI=1S/C13H12FN3S2/c1-13(2,11-15-5-6-18-11)17-12-16-9-7-8(14)3-4-10(9)19-12/h3-7H,1-2H3,(H,16,17). The molecule has 0 saturated carbocycles. The molecule has 0 bridgehead atoms. The third kappa shape index (κ3) is 2.46. The predicted molar refractivity (Wildman–Crippen MR) is 78.3 cm³/mol. The molecular formula is C13H12FN3S2. The highest BCUT2D eigenvalue weighted by atomic mass is 32.1. The molecule has 1 aromatic carbocycles. The van der Waals surface area contributed by atoms with E-state index < -0.39 is 0 Å². The second-order valence-corrected chi connectivity index (χ2v) is 6.64. The van der Waals surface area contributed by atoms with E-state index in [0.717, 1.165) is 14.8 Å². The molecule has 1 N–H and O–H groups in total. The van der Waals surface area contributed by atoms with Gasteiger partial charge in [0, 0.05) is 17.6 Å². The molecule has 0 atom stereocenters. The van der Waals surface area contributed by atoms with E-state index in [9.17, 15) is 4.39 Å². The largest absolute Gasteiger partial charge is 0.350 e. The minimum atomic E-state index is -0.291. The summed E-state index contributed by atoms with van der Waals surface area (Å²) in [4.78, 5) is 8.74. The van der Waals surface area contributed by atoms with Crippen molar-refractivity contribution in [2.24, 2.45) is 0 Å². The molecule has 0 amide bonds. The van der Waals surface area contributed by atoms with Crippen molar-refractivity contribution in [2.45, 2.75) is 19.4 Å². The summed E-state index contributed by atoms with van der Waals surface area (Å²) in [6, 6.07) is 4.66. The van der Waals surface area contributed by atoms with Crippen LogP contribution in [0, 0.1) is 5.82 Å². The van der Waals surface area contributed by atoms with Crippen LogP contribution in [0.1, 0.15) is 18.9 Å². The summed E-state index contributed by atoms with van der Waals surface area (Å²) >= 11 is 3.12. The maximum atomic E-state index is 13.1. The van der Waals surface area contributed by atoms with E-state index in [1.165, 1.54) is 23.5 Å². The quantitative estimate of drug-likeness (QED) is 0.785. The zero-order chi connectivity index (χ0) is 13.5. The van der Waals surface area contributed by atoms with E-state index in [-0.39, 0.29) is 11.4 Å². The van der Waals surface area contributed by atoms with Gasteiger partial charge in [0.2, 0.25) is 0 Å². The fraction of sp³-hybridized carbons (Fsp3) is 0.231. The van der Waals surface area contributed by atoms with Crippen LogP contribution in [0.25, 0.3) is 10.2 Å². The molecule has 3 rings (SSSR count). The Hall–Kier alpha value is -1.53. The molecule has 2 aromatic heterocycles. The van der Waals surface area contributed by atoms with Gasteiger partial charge in [0.05, 0.1) is 15.8 Å². The lowest BCUT2D eigenvalue weighted by molar-refractivity contribution is 0.604. The number of benzene rings is 1. The molecule has 0 spiro atoms. The van der Waals surface area contributed by atoms with Gasteiger partial charge in [-0.3, -0.25) is 0 Å². The highest BCUT2D eigenvalue weighted by molar-refractivity contribution is 7.22. The number of nitrogens with one attached hydrogen (secondary N) is 1. The summed E-state index contributed by atoms with van der Waals surface area (Å²) < 4.78 is 14.1. The Kier molecular flexibility index (Phi) is 2.99. The van der Waals surface area contributed by atoms with Crippen LogP contribution in [0.2, 0.25) is 0 Å². The van der Waals surface area contributed by atoms with Crippen molar-refractivity contribution in [2.75, 3.05) is 5.32 Å². The van der Waals surface area contributed by atoms with Crippen molar-refractivity contribution in [1.82, 2.24) is 9.97 Å². The Labute approximate surface area is 118 Å². The fourth-order valence-electron chi connectivity index (χ4n) is 1.81. The van der Waals surface area contributed by atoms with Crippen LogP contribution in [0.4, 0.5) is 9.52 Å². The highest BCUT2D eigenvalue weighted by Crippen LogP contribution is 2.32. The Morgan fingerprint density at radius 2 is 2.16 bits per heavy atom. The summed E-state index contributed by atoms with van der Waals surface area (Å²) in [7, 11) is 0. The third-order valence-electron chi connectivity index (χ3n) is 2.74. The molecular weight excluding hydrogens is 281 g/mol. The second kappa shape index (κ2) is 4.54. The number of anilines is 1. The van der Waals surface area contributed by atoms with Crippen LogP contribution in [-0.4, -0.2) is 9.97 Å². The van der Waals surface area contributed by atoms with Crippen molar-refractivity contribution < 1.29 is 4.39 Å². The summed E-state index contributed by atoms with van der Waals surface area (Å²) in [6.45, 7) is 4.11. The molecule has 0 saturated heterocycles. The van der Waals surface area contributed by atoms with Crippen LogP contribution in [0.3, 0.4) is 0 Å². The van der Waals surface area contributed by atoms with E-state index in [2.05, 4.69) is 29.1 Å². The van der Waals surface area contributed by atoms with E-state index in [1.807, 2.05) is 5.38 Å². The molecule has 3 nitrogen and oxygen atoms in total. The topological polar surface area (TPSA) is 37.8 Å². The van der Waals surface area contributed by atoms with Crippen LogP contribution < -0.4 is 5.32 Å². The summed E-state index contributed by atoms with van der Waals surface area (Å²) in [6.07, 6.45) is 1.79. The molecule has 0 fully saturated rings. The smallest absolute Gasteiger partial charge is 0.184 e. The number of fused-ring (bicyclic) bond motifs is 1. The van der Waals surface area contributed by atoms with E-state index in [1.54, 1.807) is 23.6 Å². The molecule has 0 radical (unpaired) electrons. The Bertz CT molecular complexity index is 704. The Balaban J connectivity index is 1.93. The van der Waals surface area contributed by atoms with E-state index >= 15 is 0 Å². The first kappa shape index (κ1) is 12.5. The second-order valence-electron chi connectivity index (χ2n) is 4.72. The number of halogens is 1. The molecule has 98 valence electrons. The summed E-state index contributed by atoms with van der Waals surface area (Å²) in [5.74, 6) is -0.261. The SMILES string of the molecule is CC(C)(Nc1nc2cc(F)ccc2s1)c1nccs1. The number of rotatable bonds is 3. The lowest BCUT2D eigenvalue weighted by atomic mass is 10.1. The number of nitrogens with zero attached hydrogens (tertiary/aromatic N) is 2. The lowest BCUT2D eigenvalue weighted by Gasteiger charge is -2.23. The number of hydrogen-bond acceptors (Lipinski definition) is 5. The van der Waals surface area contributed by atoms with Crippen molar-refractivity contribution in [3.05, 3.63) is 40.6 Å². The van der Waals surface area contributed by atoms with Crippen molar-refractivity contribution in [3.63, 3.8) is 0 Å². The normalized spacial score (nSPS) is 11.9. The van der Waals surface area contributed by atoms with Gasteiger partial charge in [0.15, 0.2) is 5.13 Å². The average molecular weight is 293 g/mol. The van der Waals surface area contributed by atoms with Crippen LogP contribution in [0.15, 0.2) is 29.8 Å². The lowest BCUT2D eigenvalue weighted by Crippen LogP contribution is -2.27. The van der Waals surface area contributed by atoms with Gasteiger partial charge in [0.1, 0.15) is 10.8 Å². The fourth-order valence-corrected chi connectivity index (χ4v) is 3.53. The minimum absolute atomic E-state index is 0.261. The zero-order valence-corrected chi connectivity index (χ0v) is 12.1. The van der Waals surface area contributed by atoms with Gasteiger partial charge < -0.3 is 5.32 Å². The molecule has 0 unspecified atom stereocenters. The maximum absolute atomic E-state index is 13.1. The summed E-state index contributed by atoms with van der Waals surface area (Å²) in [5, 5.41) is 7.09. The van der Waals surface area contributed by atoms with Crippen molar-refractivity contribution in [3.8, 4) is 0 Å². The van der Waals surface area contributed by atoms with E-state index in [0.29, 0.717) is 5.52 Å². The zero-order valence-electron chi connectivity index (χ0n) is 10.5. The van der Waals surface area contributed by atoms with Crippen molar-refractivity contribution >= 4 is 38.0 Å². The molecule has 6 heteroatoms. The third-order valence-corrected chi connectivity index (χ3v) is 4.78. The monoisotopic (exact) mass is 293 g/mol. The van der Waals surface area contributed by atoms with Crippen LogP contribution >= 0.6 is 22.7 Å². The Morgan fingerprint density at radius 3 is 2.89 bits per heavy atom. The Morgan fingerprint density at radius 1 is 1.32 bits per heavy atom.